The molecule has 1 aromatic carbocycles. The van der Waals surface area contributed by atoms with Crippen LogP contribution >= 0.6 is 0 Å². The lowest BCUT2D eigenvalue weighted by atomic mass is 9.85. The third-order valence-electron chi connectivity index (χ3n) is 11.4. The van der Waals surface area contributed by atoms with E-state index in [0.29, 0.717) is 37.9 Å². The van der Waals surface area contributed by atoms with Crippen LogP contribution in [0.25, 0.3) is 11.0 Å². The lowest BCUT2D eigenvalue weighted by molar-refractivity contribution is -0.142. The van der Waals surface area contributed by atoms with Crippen LogP contribution in [0.2, 0.25) is 0 Å². The molecule has 7 atom stereocenters. The second-order valence-corrected chi connectivity index (χ2v) is 18.7. The molecule has 3 heterocycles. The van der Waals surface area contributed by atoms with Gasteiger partial charge in [-0.1, -0.05) is 33.3 Å². The second kappa shape index (κ2) is 14.4. The maximum absolute atomic E-state index is 16.2. The number of hydrogen-bond acceptors (Lipinski definition) is 11. The molecule has 0 radical (unpaired) electrons. The summed E-state index contributed by atoms with van der Waals surface area (Å²) in [7, 11) is -2.52. The van der Waals surface area contributed by atoms with Crippen molar-refractivity contribution in [3.8, 4) is 11.6 Å². The first-order chi connectivity index (χ1) is 26.3. The minimum atomic E-state index is -3.97. The van der Waals surface area contributed by atoms with Gasteiger partial charge >= 0.3 is 6.09 Å². The van der Waals surface area contributed by atoms with E-state index in [9.17, 15) is 27.6 Å². The van der Waals surface area contributed by atoms with Crippen molar-refractivity contribution >= 4 is 44.9 Å². The van der Waals surface area contributed by atoms with Gasteiger partial charge in [-0.3, -0.25) is 19.1 Å². The van der Waals surface area contributed by atoms with E-state index in [1.807, 2.05) is 0 Å². The molecule has 2 bridgehead atoms. The van der Waals surface area contributed by atoms with Crippen LogP contribution in [-0.2, 0) is 35.1 Å². The summed E-state index contributed by atoms with van der Waals surface area (Å²) in [6, 6.07) is 2.07. The van der Waals surface area contributed by atoms with E-state index in [0.717, 1.165) is 0 Å². The van der Waals surface area contributed by atoms with E-state index in [1.54, 1.807) is 26.8 Å². The van der Waals surface area contributed by atoms with Gasteiger partial charge in [-0.25, -0.2) is 23.2 Å². The van der Waals surface area contributed by atoms with Gasteiger partial charge in [-0.2, -0.15) is 8.78 Å². The van der Waals surface area contributed by atoms with Gasteiger partial charge in [0.2, 0.25) is 27.7 Å². The zero-order valence-electron chi connectivity index (χ0n) is 31.8. The van der Waals surface area contributed by atoms with E-state index in [-0.39, 0.29) is 42.8 Å². The lowest BCUT2D eigenvalue weighted by Gasteiger charge is -2.35. The number of halogens is 2. The molecule has 3 saturated carbocycles. The zero-order chi connectivity index (χ0) is 40.4. The van der Waals surface area contributed by atoms with Gasteiger partial charge in [0.25, 0.3) is 11.8 Å². The number of hydrogen-bond donors (Lipinski definition) is 3. The number of nitrogens with zero attached hydrogens (tertiary/aromatic N) is 3. The minimum Gasteiger partial charge on any atom is -0.497 e. The Balaban J connectivity index is 1.25. The van der Waals surface area contributed by atoms with Crippen molar-refractivity contribution in [2.24, 2.45) is 17.3 Å². The number of fused-ring (bicyclic) bond motifs is 5. The zero-order valence-corrected chi connectivity index (χ0v) is 32.6. The normalized spacial score (nSPS) is 30.6. The van der Waals surface area contributed by atoms with Crippen LogP contribution in [0.3, 0.4) is 0 Å². The van der Waals surface area contributed by atoms with Crippen molar-refractivity contribution in [2.75, 3.05) is 13.7 Å². The molecule has 2 aliphatic heterocycles. The maximum Gasteiger partial charge on any atom is 0.408 e. The van der Waals surface area contributed by atoms with E-state index in [2.05, 4.69) is 31.9 Å². The predicted octanol–water partition coefficient (Wildman–Crippen LogP) is 3.85. The molecular formula is C38H48F2N6O9S. The Kier molecular flexibility index (Phi) is 10.2. The molecule has 0 spiro atoms. The Morgan fingerprint density at radius 1 is 1.09 bits per heavy atom. The summed E-state index contributed by atoms with van der Waals surface area (Å²) < 4.78 is 77.0. The SMILES string of the molecule is C=C[C@@H]1C[C@]1(NC(=O)[C@@H]1C[C@H]2CN1C(=O)[C@H](C(C)(C)C)NC(=O)O[C@@H]1C[C@H]1CCCCC(F)(F)c1nc3ccc(OC)cc3nc1O2)C(=O)NS(=O)(=O)C1CC1. The number of benzene rings is 1. The van der Waals surface area contributed by atoms with E-state index < -0.39 is 104 Å². The summed E-state index contributed by atoms with van der Waals surface area (Å²) in [5, 5.41) is 4.71. The highest BCUT2D eigenvalue weighted by atomic mass is 32.2. The summed E-state index contributed by atoms with van der Waals surface area (Å²) in [5.41, 5.74) is -2.85. The number of amides is 4. The molecule has 4 amide bonds. The molecule has 2 aromatic rings. The molecule has 56 heavy (non-hydrogen) atoms. The summed E-state index contributed by atoms with van der Waals surface area (Å²) >= 11 is 0. The van der Waals surface area contributed by atoms with Crippen LogP contribution in [0.1, 0.15) is 84.3 Å². The molecule has 1 saturated heterocycles. The Morgan fingerprint density at radius 2 is 1.84 bits per heavy atom. The average Bonchev–Trinajstić information content (AvgIpc) is 4.06. The number of alkyl carbamates (subject to hydrolysis) is 1. The van der Waals surface area contributed by atoms with Crippen LogP contribution in [0, 0.1) is 17.3 Å². The highest BCUT2D eigenvalue weighted by Crippen LogP contribution is 2.46. The van der Waals surface area contributed by atoms with Crippen molar-refractivity contribution in [1.82, 2.24) is 30.2 Å². The molecule has 3 aliphatic carbocycles. The number of alkyl halides is 2. The topological polar surface area (TPSA) is 195 Å². The fraction of sp³-hybridized carbons (Fsp3) is 0.632. The highest BCUT2D eigenvalue weighted by molar-refractivity contribution is 7.91. The van der Waals surface area contributed by atoms with E-state index in [4.69, 9.17) is 14.2 Å². The van der Waals surface area contributed by atoms with Gasteiger partial charge in [0, 0.05) is 24.8 Å². The fourth-order valence-electron chi connectivity index (χ4n) is 7.66. The largest absolute Gasteiger partial charge is 0.497 e. The van der Waals surface area contributed by atoms with Crippen molar-refractivity contribution < 1.29 is 50.6 Å². The Hall–Kier alpha value is -4.61. The number of sulfonamides is 1. The smallest absolute Gasteiger partial charge is 0.408 e. The molecule has 5 aliphatic rings. The monoisotopic (exact) mass is 802 g/mol. The number of aromatic nitrogens is 2. The third kappa shape index (κ3) is 7.98. The van der Waals surface area contributed by atoms with Crippen LogP contribution in [0.4, 0.5) is 13.6 Å². The molecule has 18 heteroatoms. The van der Waals surface area contributed by atoms with Gasteiger partial charge in [-0.05, 0) is 62.0 Å². The summed E-state index contributed by atoms with van der Waals surface area (Å²) in [4.78, 5) is 65.6. The van der Waals surface area contributed by atoms with Crippen molar-refractivity contribution in [2.45, 2.75) is 120 Å². The first kappa shape index (κ1) is 39.6. The number of ether oxygens (including phenoxy) is 3. The third-order valence-corrected chi connectivity index (χ3v) is 13.2. The number of methoxy groups -OCH3 is 1. The summed E-state index contributed by atoms with van der Waals surface area (Å²) in [6.45, 7) is 8.63. The second-order valence-electron chi connectivity index (χ2n) is 16.7. The summed E-state index contributed by atoms with van der Waals surface area (Å²) in [6.07, 6.45) is 0.916. The molecule has 4 fully saturated rings. The number of rotatable bonds is 7. The van der Waals surface area contributed by atoms with Crippen LogP contribution in [0.5, 0.6) is 11.6 Å². The number of nitrogens with one attached hydrogen (secondary N) is 3. The highest BCUT2D eigenvalue weighted by Gasteiger charge is 2.62. The standard InChI is InChI=1S/C38H48F2N6O9S/c1-6-21-18-37(21,34(49)45-56(51,52)24-11-12-24)44-31(47)27-17-23-19-46(27)33(48)30(36(2,3)4)43-35(50)55-28-15-20(28)9-7-8-14-38(39,40)29-32(54-23)42-26-16-22(53-5)10-13-25(26)41-29/h6,10,13,16,20-21,23-24,27-28,30H,1,7-9,11-12,14-15,17-19H2,2-5H3,(H,43,50)(H,44,47)(H,45,49)/t20-,21-,23+,27+,28-,30-,37-/m1/s1. The number of carbonyl (C=O) groups excluding carboxylic acids is 4. The van der Waals surface area contributed by atoms with Gasteiger partial charge in [0.1, 0.15) is 35.6 Å². The van der Waals surface area contributed by atoms with Gasteiger partial charge in [0.05, 0.1) is 29.9 Å². The molecule has 304 valence electrons. The first-order valence-corrected chi connectivity index (χ1v) is 20.6. The van der Waals surface area contributed by atoms with Gasteiger partial charge in [0.15, 0.2) is 5.69 Å². The van der Waals surface area contributed by atoms with Gasteiger partial charge in [-0.15, -0.1) is 6.58 Å². The molecule has 0 unspecified atom stereocenters. The summed E-state index contributed by atoms with van der Waals surface area (Å²) in [5.74, 6) is -6.57. The number of carbonyl (C=O) groups is 4. The van der Waals surface area contributed by atoms with Crippen molar-refractivity contribution in [3.05, 3.63) is 36.5 Å². The van der Waals surface area contributed by atoms with Crippen LogP contribution in [-0.4, -0.2) is 95.8 Å². The van der Waals surface area contributed by atoms with Gasteiger partial charge < -0.3 is 29.7 Å². The van der Waals surface area contributed by atoms with E-state index >= 15 is 8.78 Å². The Morgan fingerprint density at radius 3 is 2.50 bits per heavy atom. The fourth-order valence-corrected chi connectivity index (χ4v) is 9.02. The quantitative estimate of drug-likeness (QED) is 0.344. The molecule has 7 rings (SSSR count). The van der Waals surface area contributed by atoms with Crippen molar-refractivity contribution in [3.63, 3.8) is 0 Å². The minimum absolute atomic E-state index is 0.00982. The Bertz CT molecular complexity index is 2060. The van der Waals surface area contributed by atoms with Crippen LogP contribution in [0.15, 0.2) is 30.9 Å². The maximum atomic E-state index is 16.2. The molecule has 15 nitrogen and oxygen atoms in total. The molecular weight excluding hydrogens is 755 g/mol. The van der Waals surface area contributed by atoms with E-state index in [1.165, 1.54) is 30.2 Å². The lowest BCUT2D eigenvalue weighted by Crippen LogP contribution is -2.60. The van der Waals surface area contributed by atoms with Crippen LogP contribution < -0.4 is 24.8 Å². The predicted molar refractivity (Wildman–Crippen MR) is 197 cm³/mol. The molecule has 3 N–H and O–H groups in total. The Labute approximate surface area is 323 Å². The molecule has 1 aromatic heterocycles. The van der Waals surface area contributed by atoms with Crippen molar-refractivity contribution in [1.29, 1.82) is 0 Å². The average molecular weight is 803 g/mol. The first-order valence-electron chi connectivity index (χ1n) is 19.0.